The van der Waals surface area contributed by atoms with E-state index in [0.29, 0.717) is 6.67 Å². The molecule has 3 atom stereocenters. The highest BCUT2D eigenvalue weighted by atomic mass is 35.5. The first-order valence-electron chi connectivity index (χ1n) is 10.3. The van der Waals surface area contributed by atoms with Crippen molar-refractivity contribution in [1.82, 2.24) is 15.1 Å². The summed E-state index contributed by atoms with van der Waals surface area (Å²) in [4.78, 5) is 31.9. The molecule has 6 nitrogen and oxygen atoms in total. The number of anilines is 1. The first-order valence-corrected chi connectivity index (χ1v) is 10.7. The monoisotopic (exact) mass is 404 g/mol. The quantitative estimate of drug-likeness (QED) is 0.786. The number of carbonyl (C=O) groups is 2. The molecule has 152 valence electrons. The van der Waals surface area contributed by atoms with Gasteiger partial charge < -0.3 is 10.2 Å². The lowest BCUT2D eigenvalue weighted by Gasteiger charge is -2.42. The Morgan fingerprint density at radius 3 is 2.43 bits per heavy atom. The Morgan fingerprint density at radius 1 is 1.11 bits per heavy atom. The lowest BCUT2D eigenvalue weighted by atomic mass is 9.67. The van der Waals surface area contributed by atoms with Gasteiger partial charge in [-0.25, -0.2) is 9.69 Å². The molecule has 1 aromatic rings. The van der Waals surface area contributed by atoms with Gasteiger partial charge in [0.15, 0.2) is 0 Å². The summed E-state index contributed by atoms with van der Waals surface area (Å²) in [5.74, 6) is 0.323. The Bertz CT molecular complexity index is 753. The third kappa shape index (κ3) is 3.26. The van der Waals surface area contributed by atoms with E-state index in [0.717, 1.165) is 56.2 Å². The van der Waals surface area contributed by atoms with Crippen LogP contribution in [0.25, 0.3) is 0 Å². The van der Waals surface area contributed by atoms with Crippen molar-refractivity contribution >= 4 is 29.2 Å². The van der Waals surface area contributed by atoms with Crippen LogP contribution in [-0.2, 0) is 4.79 Å². The molecule has 0 bridgehead atoms. The maximum atomic E-state index is 13.3. The van der Waals surface area contributed by atoms with E-state index in [4.69, 9.17) is 11.6 Å². The van der Waals surface area contributed by atoms with Crippen LogP contribution in [0.3, 0.4) is 0 Å². The first-order chi connectivity index (χ1) is 13.4. The van der Waals surface area contributed by atoms with Crippen molar-refractivity contribution in [3.8, 4) is 0 Å². The third-order valence-electron chi connectivity index (χ3n) is 6.87. The van der Waals surface area contributed by atoms with E-state index in [9.17, 15) is 9.59 Å². The van der Waals surface area contributed by atoms with Gasteiger partial charge in [-0.05, 0) is 42.9 Å². The molecule has 1 saturated carbocycles. The lowest BCUT2D eigenvalue weighted by molar-refractivity contribution is -0.138. The molecule has 4 rings (SSSR count). The van der Waals surface area contributed by atoms with Gasteiger partial charge >= 0.3 is 6.03 Å². The number of piperazine rings is 1. The summed E-state index contributed by atoms with van der Waals surface area (Å²) in [6.45, 7) is 7.88. The molecule has 1 N–H and O–H groups in total. The molecule has 1 aromatic carbocycles. The summed E-state index contributed by atoms with van der Waals surface area (Å²) in [6.07, 6.45) is 3.10. The van der Waals surface area contributed by atoms with Crippen molar-refractivity contribution in [3.05, 3.63) is 29.3 Å². The summed E-state index contributed by atoms with van der Waals surface area (Å²) in [6, 6.07) is 7.65. The molecule has 1 unspecified atom stereocenters. The number of amides is 3. The van der Waals surface area contributed by atoms with E-state index in [-0.39, 0.29) is 23.8 Å². The second-order valence-corrected chi connectivity index (χ2v) is 8.93. The van der Waals surface area contributed by atoms with Crippen LogP contribution in [0, 0.1) is 11.8 Å². The Hall–Kier alpha value is -1.79. The minimum atomic E-state index is -0.710. The zero-order valence-corrected chi connectivity index (χ0v) is 17.4. The van der Waals surface area contributed by atoms with E-state index < -0.39 is 5.54 Å². The highest BCUT2D eigenvalue weighted by Crippen LogP contribution is 2.42. The Morgan fingerprint density at radius 2 is 1.79 bits per heavy atom. The van der Waals surface area contributed by atoms with Gasteiger partial charge in [0, 0.05) is 36.9 Å². The smallest absolute Gasteiger partial charge is 0.326 e. The zero-order valence-electron chi connectivity index (χ0n) is 16.7. The van der Waals surface area contributed by atoms with Crippen LogP contribution in [0.4, 0.5) is 10.5 Å². The molecule has 0 aromatic heterocycles. The summed E-state index contributed by atoms with van der Waals surface area (Å²) < 4.78 is 0. The minimum Gasteiger partial charge on any atom is -0.369 e. The van der Waals surface area contributed by atoms with Gasteiger partial charge in [0.25, 0.3) is 5.91 Å². The Labute approximate surface area is 171 Å². The standard InChI is InChI=1S/C21H29ClN4O2/c1-15-5-3-6-16(2)21(15)19(27)26(20(28)23-21)14-24-9-11-25(12-10-24)18-8-4-7-17(22)13-18/h4,7-8,13,15-16H,3,5-6,9-12,14H2,1-2H3,(H,23,28)/t15-,16+,21?. The van der Waals surface area contributed by atoms with Gasteiger partial charge in [-0.1, -0.05) is 37.9 Å². The maximum Gasteiger partial charge on any atom is 0.326 e. The summed E-state index contributed by atoms with van der Waals surface area (Å²) in [5.41, 5.74) is 0.406. The van der Waals surface area contributed by atoms with E-state index >= 15 is 0 Å². The lowest BCUT2D eigenvalue weighted by Crippen LogP contribution is -2.59. The summed E-state index contributed by atoms with van der Waals surface area (Å²) in [7, 11) is 0. The summed E-state index contributed by atoms with van der Waals surface area (Å²) >= 11 is 6.11. The molecule has 2 saturated heterocycles. The van der Waals surface area contributed by atoms with E-state index in [1.807, 2.05) is 18.2 Å². The van der Waals surface area contributed by atoms with Gasteiger partial charge in [0.1, 0.15) is 5.54 Å². The number of rotatable bonds is 3. The molecule has 1 spiro atoms. The zero-order chi connectivity index (χ0) is 19.9. The van der Waals surface area contributed by atoms with Crippen LogP contribution in [0.5, 0.6) is 0 Å². The molecule has 2 aliphatic heterocycles. The van der Waals surface area contributed by atoms with Crippen molar-refractivity contribution < 1.29 is 9.59 Å². The summed E-state index contributed by atoms with van der Waals surface area (Å²) in [5, 5.41) is 3.82. The Balaban J connectivity index is 1.40. The Kier molecular flexibility index (Phi) is 5.27. The van der Waals surface area contributed by atoms with Gasteiger partial charge in [-0.3, -0.25) is 9.69 Å². The molecule has 3 aliphatic rings. The number of nitrogens with zero attached hydrogens (tertiary/aromatic N) is 3. The number of nitrogens with one attached hydrogen (secondary N) is 1. The number of halogens is 1. The van der Waals surface area contributed by atoms with Crippen LogP contribution in [0.2, 0.25) is 5.02 Å². The van der Waals surface area contributed by atoms with Crippen LogP contribution in [0.1, 0.15) is 33.1 Å². The highest BCUT2D eigenvalue weighted by molar-refractivity contribution is 6.30. The van der Waals surface area contributed by atoms with Gasteiger partial charge in [0.05, 0.1) is 6.67 Å². The molecule has 2 heterocycles. The predicted molar refractivity (Wildman–Crippen MR) is 110 cm³/mol. The molecular weight excluding hydrogens is 376 g/mol. The largest absolute Gasteiger partial charge is 0.369 e. The average Bonchev–Trinajstić information content (AvgIpc) is 2.93. The third-order valence-corrected chi connectivity index (χ3v) is 7.11. The fraction of sp³-hybridized carbons (Fsp3) is 0.619. The number of hydrogen-bond donors (Lipinski definition) is 1. The molecule has 28 heavy (non-hydrogen) atoms. The van der Waals surface area contributed by atoms with Crippen LogP contribution in [-0.4, -0.2) is 60.1 Å². The normalized spacial score (nSPS) is 31.5. The average molecular weight is 405 g/mol. The molecule has 0 radical (unpaired) electrons. The second kappa shape index (κ2) is 7.56. The van der Waals surface area contributed by atoms with E-state index in [2.05, 4.69) is 35.0 Å². The fourth-order valence-corrected chi connectivity index (χ4v) is 5.29. The van der Waals surface area contributed by atoms with Crippen molar-refractivity contribution in [2.24, 2.45) is 11.8 Å². The van der Waals surface area contributed by atoms with Crippen molar-refractivity contribution in [2.45, 2.75) is 38.6 Å². The van der Waals surface area contributed by atoms with Crippen LogP contribution in [0.15, 0.2) is 24.3 Å². The number of carbonyl (C=O) groups excluding carboxylic acids is 2. The molecule has 7 heteroatoms. The van der Waals surface area contributed by atoms with E-state index in [1.165, 1.54) is 4.90 Å². The van der Waals surface area contributed by atoms with Gasteiger partial charge in [-0.15, -0.1) is 0 Å². The number of urea groups is 1. The second-order valence-electron chi connectivity index (χ2n) is 8.49. The van der Waals surface area contributed by atoms with Crippen molar-refractivity contribution in [3.63, 3.8) is 0 Å². The molecular formula is C21H29ClN4O2. The van der Waals surface area contributed by atoms with Gasteiger partial charge in [-0.2, -0.15) is 0 Å². The first kappa shape index (κ1) is 19.5. The van der Waals surface area contributed by atoms with Crippen molar-refractivity contribution in [2.75, 3.05) is 37.7 Å². The topological polar surface area (TPSA) is 55.9 Å². The number of hydrogen-bond acceptors (Lipinski definition) is 4. The minimum absolute atomic E-state index is 0.0329. The molecule has 3 fully saturated rings. The van der Waals surface area contributed by atoms with Crippen molar-refractivity contribution in [1.29, 1.82) is 0 Å². The molecule has 3 amide bonds. The van der Waals surface area contributed by atoms with Gasteiger partial charge in [0.2, 0.25) is 0 Å². The predicted octanol–water partition coefficient (Wildman–Crippen LogP) is 3.17. The maximum absolute atomic E-state index is 13.3. The molecule has 1 aliphatic carbocycles. The SMILES string of the molecule is C[C@@H]1CCC[C@H](C)C12NC(=O)N(CN1CCN(c3cccc(Cl)c3)CC1)C2=O. The van der Waals surface area contributed by atoms with Crippen LogP contribution < -0.4 is 10.2 Å². The van der Waals surface area contributed by atoms with Crippen LogP contribution >= 0.6 is 11.6 Å². The number of imide groups is 1. The number of benzene rings is 1. The highest BCUT2D eigenvalue weighted by Gasteiger charge is 2.58. The fourth-order valence-electron chi connectivity index (χ4n) is 5.10. The van der Waals surface area contributed by atoms with E-state index in [1.54, 1.807) is 0 Å².